The predicted octanol–water partition coefficient (Wildman–Crippen LogP) is 6.10. The molecule has 2 heterocycles. The zero-order valence-electron chi connectivity index (χ0n) is 27.7. The molecule has 1 unspecified atom stereocenters. The number of hydrogen-bond donors (Lipinski definition) is 3. The van der Waals surface area contributed by atoms with Crippen LogP contribution in [0.5, 0.6) is 0 Å². The second kappa shape index (κ2) is 13.4. The molecule has 49 heavy (non-hydrogen) atoms. The zero-order valence-corrected chi connectivity index (χ0v) is 27.7. The Kier molecular flexibility index (Phi) is 9.42. The van der Waals surface area contributed by atoms with Crippen LogP contribution in [-0.4, -0.2) is 70.9 Å². The van der Waals surface area contributed by atoms with Gasteiger partial charge in [0, 0.05) is 18.8 Å². The third-order valence-electron chi connectivity index (χ3n) is 9.37. The van der Waals surface area contributed by atoms with Crippen molar-refractivity contribution in [3.8, 4) is 0 Å². The van der Waals surface area contributed by atoms with Crippen LogP contribution in [0.2, 0.25) is 0 Å². The normalized spacial score (nSPS) is 21.5. The smallest absolute Gasteiger partial charge is 0.410 e. The molecule has 0 spiro atoms. The van der Waals surface area contributed by atoms with E-state index in [4.69, 9.17) is 9.47 Å². The first-order valence-corrected chi connectivity index (χ1v) is 16.7. The number of urea groups is 1. The molecule has 2 aromatic carbocycles. The minimum atomic E-state index is -4.64. The van der Waals surface area contributed by atoms with Crippen LogP contribution in [0.15, 0.2) is 48.5 Å². The Morgan fingerprint density at radius 3 is 2.24 bits per heavy atom. The second-order valence-electron chi connectivity index (χ2n) is 14.4. The molecule has 2 aliphatic carbocycles. The molecular formula is C35H42F3N5O6. The summed E-state index contributed by atoms with van der Waals surface area (Å²) in [5, 5.41) is 7.77. The lowest BCUT2D eigenvalue weighted by Crippen LogP contribution is -2.50. The Bertz CT molecular complexity index is 1560. The molecule has 1 saturated heterocycles. The predicted molar refractivity (Wildman–Crippen MR) is 172 cm³/mol. The van der Waals surface area contributed by atoms with E-state index in [1.807, 2.05) is 35.6 Å². The topological polar surface area (TPSA) is 129 Å². The first-order valence-electron chi connectivity index (χ1n) is 16.7. The Morgan fingerprint density at radius 2 is 1.65 bits per heavy atom. The van der Waals surface area contributed by atoms with Gasteiger partial charge in [-0.15, -0.1) is 0 Å². The summed E-state index contributed by atoms with van der Waals surface area (Å²) in [7, 11) is 0. The van der Waals surface area contributed by atoms with Crippen molar-refractivity contribution in [1.82, 2.24) is 20.4 Å². The van der Waals surface area contributed by atoms with Gasteiger partial charge in [0.2, 0.25) is 5.91 Å². The molecule has 14 heteroatoms. The summed E-state index contributed by atoms with van der Waals surface area (Å²) in [5.41, 5.74) is 1.45. The van der Waals surface area contributed by atoms with E-state index in [1.165, 1.54) is 4.90 Å². The van der Waals surface area contributed by atoms with Crippen LogP contribution in [0.25, 0.3) is 0 Å². The first kappa shape index (κ1) is 34.4. The highest BCUT2D eigenvalue weighted by molar-refractivity contribution is 5.97. The number of carbonyl (C=O) groups is 4. The van der Waals surface area contributed by atoms with E-state index in [0.29, 0.717) is 28.7 Å². The number of halogens is 3. The number of rotatable bonds is 9. The number of alkyl halides is 3. The van der Waals surface area contributed by atoms with E-state index in [1.54, 1.807) is 39.0 Å². The molecule has 2 saturated carbocycles. The Hall–Kier alpha value is -4.49. The van der Waals surface area contributed by atoms with Crippen LogP contribution < -0.4 is 16.0 Å². The van der Waals surface area contributed by atoms with Crippen molar-refractivity contribution in [3.05, 3.63) is 65.2 Å². The fraction of sp³-hybridized carbons (Fsp3) is 0.543. The van der Waals surface area contributed by atoms with Gasteiger partial charge in [-0.05, 0) is 93.0 Å². The molecule has 0 radical (unpaired) electrons. The first-order chi connectivity index (χ1) is 23.2. The monoisotopic (exact) mass is 685 g/mol. The van der Waals surface area contributed by atoms with Crippen molar-refractivity contribution < 1.29 is 41.8 Å². The number of nitrogens with one attached hydrogen (secondary N) is 3. The van der Waals surface area contributed by atoms with E-state index >= 15 is 0 Å². The van der Waals surface area contributed by atoms with Gasteiger partial charge >= 0.3 is 24.4 Å². The molecule has 0 aromatic heterocycles. The lowest BCUT2D eigenvalue weighted by molar-refractivity contribution is -0.150. The van der Waals surface area contributed by atoms with Crippen molar-refractivity contribution in [2.75, 3.05) is 18.4 Å². The van der Waals surface area contributed by atoms with Crippen molar-refractivity contribution in [2.24, 2.45) is 17.8 Å². The van der Waals surface area contributed by atoms with E-state index in [9.17, 15) is 32.3 Å². The summed E-state index contributed by atoms with van der Waals surface area (Å²) >= 11 is 0. The minimum Gasteiger partial charge on any atom is -0.445 e. The second-order valence-corrected chi connectivity index (χ2v) is 14.4. The average molecular weight is 686 g/mol. The highest BCUT2D eigenvalue weighted by Crippen LogP contribution is 2.51. The van der Waals surface area contributed by atoms with Gasteiger partial charge in [0.05, 0.1) is 12.6 Å². The van der Waals surface area contributed by atoms with Crippen LogP contribution in [-0.2, 0) is 27.4 Å². The number of benzene rings is 2. The van der Waals surface area contributed by atoms with E-state index in [-0.39, 0.29) is 25.6 Å². The fourth-order valence-electron chi connectivity index (χ4n) is 6.81. The maximum Gasteiger partial charge on any atom is 0.410 e. The number of fused-ring (bicyclic) bond motifs is 1. The summed E-state index contributed by atoms with van der Waals surface area (Å²) < 4.78 is 51.7. The molecule has 3 fully saturated rings. The van der Waals surface area contributed by atoms with Gasteiger partial charge in [0.25, 0.3) is 0 Å². The SMILES string of the molecule is CC(C)(C)OC(=O)N1Cc2cc(NC(=O)[C@@H](NC(=O)OCc3ccccc3)C(C3CC3)C3CC3)ccc2C(N2C[C@@H](C(F)(F)F)NC2=O)C1. The summed E-state index contributed by atoms with van der Waals surface area (Å²) in [6.45, 7) is 4.51. The largest absolute Gasteiger partial charge is 0.445 e. The van der Waals surface area contributed by atoms with Crippen LogP contribution in [0.3, 0.4) is 0 Å². The molecule has 11 nitrogen and oxygen atoms in total. The molecular weight excluding hydrogens is 643 g/mol. The maximum absolute atomic E-state index is 13.9. The number of amides is 5. The Morgan fingerprint density at radius 1 is 0.980 bits per heavy atom. The molecule has 3 N–H and O–H groups in total. The van der Waals surface area contributed by atoms with Crippen molar-refractivity contribution >= 4 is 29.8 Å². The number of ether oxygens (including phenoxy) is 2. The van der Waals surface area contributed by atoms with Gasteiger partial charge in [-0.2, -0.15) is 13.2 Å². The lowest BCUT2D eigenvalue weighted by Gasteiger charge is -2.39. The standard InChI is InChI=1S/C35H42F3N5O6/c1-34(2,3)49-33(47)42-16-23-15-24(13-14-25(23)26(17-42)43-18-27(35(36,37)38)40-31(43)45)39-30(44)29(28(21-9-10-21)22-11-12-22)41-32(46)48-19-20-7-5-4-6-8-20/h4-8,13-15,21-22,26-29H,9-12,16-19H2,1-3H3,(H,39,44)(H,40,45)(H,41,46)/t26?,27-,29-/m0/s1. The average Bonchev–Trinajstić information content (AvgIpc) is 3.98. The van der Waals surface area contributed by atoms with Crippen LogP contribution in [0.4, 0.5) is 33.2 Å². The van der Waals surface area contributed by atoms with Crippen LogP contribution in [0, 0.1) is 17.8 Å². The summed E-state index contributed by atoms with van der Waals surface area (Å²) in [4.78, 5) is 55.3. The third-order valence-corrected chi connectivity index (χ3v) is 9.37. The van der Waals surface area contributed by atoms with Crippen LogP contribution >= 0.6 is 0 Å². The van der Waals surface area contributed by atoms with Gasteiger partial charge in [-0.1, -0.05) is 36.4 Å². The molecule has 5 amide bonds. The summed E-state index contributed by atoms with van der Waals surface area (Å²) in [6.07, 6.45) is -2.11. The lowest BCUT2D eigenvalue weighted by atomic mass is 9.88. The molecule has 3 atom stereocenters. The summed E-state index contributed by atoms with van der Waals surface area (Å²) in [6, 6.07) is 9.48. The van der Waals surface area contributed by atoms with Gasteiger partial charge in [-0.25, -0.2) is 14.4 Å². The van der Waals surface area contributed by atoms with Gasteiger partial charge in [0.15, 0.2) is 0 Å². The minimum absolute atomic E-state index is 0.0445. The van der Waals surface area contributed by atoms with E-state index < -0.39 is 60.6 Å². The van der Waals surface area contributed by atoms with Gasteiger partial charge in [0.1, 0.15) is 24.3 Å². The number of carbonyl (C=O) groups excluding carboxylic acids is 4. The molecule has 6 rings (SSSR count). The number of anilines is 1. The van der Waals surface area contributed by atoms with Crippen molar-refractivity contribution in [1.29, 1.82) is 0 Å². The Labute approximate surface area is 282 Å². The number of nitrogens with zero attached hydrogens (tertiary/aromatic N) is 2. The molecule has 2 aromatic rings. The number of alkyl carbamates (subject to hydrolysis) is 1. The van der Waals surface area contributed by atoms with E-state index in [2.05, 4.69) is 10.6 Å². The maximum atomic E-state index is 13.9. The van der Waals surface area contributed by atoms with Crippen LogP contribution in [0.1, 0.15) is 69.2 Å². The summed E-state index contributed by atoms with van der Waals surface area (Å²) in [5.74, 6) is 0.167. The highest BCUT2D eigenvalue weighted by Gasteiger charge is 2.50. The molecule has 2 aliphatic heterocycles. The molecule has 4 aliphatic rings. The third kappa shape index (κ3) is 8.39. The fourth-order valence-corrected chi connectivity index (χ4v) is 6.81. The molecule has 264 valence electrons. The van der Waals surface area contributed by atoms with Gasteiger partial charge < -0.3 is 35.2 Å². The number of hydrogen-bond acceptors (Lipinski definition) is 6. The quantitative estimate of drug-likeness (QED) is 0.293. The van der Waals surface area contributed by atoms with Crippen molar-refractivity contribution in [2.45, 2.75) is 89.5 Å². The van der Waals surface area contributed by atoms with Gasteiger partial charge in [-0.3, -0.25) is 4.79 Å². The zero-order chi connectivity index (χ0) is 35.1. The van der Waals surface area contributed by atoms with Crippen molar-refractivity contribution in [3.63, 3.8) is 0 Å². The molecule has 0 bridgehead atoms. The highest BCUT2D eigenvalue weighted by atomic mass is 19.4. The van der Waals surface area contributed by atoms with E-state index in [0.717, 1.165) is 36.1 Å². The Balaban J connectivity index is 1.23.